The van der Waals surface area contributed by atoms with Gasteiger partial charge in [0.15, 0.2) is 28.9 Å². The standard InChI is InChI=1S/C30H39FN7O7P/c1-17(26(40)42-15-29(2,3)4)37-46(41,45-20-13-9-11-18-10-7-8-12-19(18)20)43-14-21-23(39)30(5,31)27(44-21)38-16-34-22-24(33-6)35-28(32)36-25(22)38/h7-13,16-17,21,23,27,39H,14-15H2,1-6H3,(H,37,41)(H3,32,33,35,36)/t17-,21-,23-,27-,30-,46+/m1/s1. The summed E-state index contributed by atoms with van der Waals surface area (Å²) in [7, 11) is -2.78. The van der Waals surface area contributed by atoms with Crippen LogP contribution in [0.3, 0.4) is 0 Å². The van der Waals surface area contributed by atoms with Gasteiger partial charge in [-0.3, -0.25) is 13.9 Å². The van der Waals surface area contributed by atoms with Crippen LogP contribution >= 0.6 is 7.75 Å². The van der Waals surface area contributed by atoms with Gasteiger partial charge < -0.3 is 30.2 Å². The Kier molecular flexibility index (Phi) is 9.26. The summed E-state index contributed by atoms with van der Waals surface area (Å²) >= 11 is 0. The lowest BCUT2D eigenvalue weighted by molar-refractivity contribution is -0.148. The second kappa shape index (κ2) is 12.7. The Morgan fingerprint density at radius 2 is 1.96 bits per heavy atom. The molecule has 16 heteroatoms. The number of imidazole rings is 1. The first-order valence-electron chi connectivity index (χ1n) is 14.7. The lowest BCUT2D eigenvalue weighted by Gasteiger charge is -2.26. The number of ether oxygens (including phenoxy) is 2. The lowest BCUT2D eigenvalue weighted by atomic mass is 9.98. The molecule has 1 fully saturated rings. The highest BCUT2D eigenvalue weighted by Crippen LogP contribution is 2.49. The molecule has 6 atom stereocenters. The minimum atomic E-state index is -4.41. The van der Waals surface area contributed by atoms with Crippen LogP contribution < -0.4 is 20.7 Å². The predicted octanol–water partition coefficient (Wildman–Crippen LogP) is 4.36. The summed E-state index contributed by atoms with van der Waals surface area (Å²) in [5.74, 6) is -0.214. The van der Waals surface area contributed by atoms with Crippen LogP contribution in [-0.2, 0) is 23.4 Å². The number of aromatic nitrogens is 4. The van der Waals surface area contributed by atoms with Crippen LogP contribution in [0.2, 0.25) is 0 Å². The van der Waals surface area contributed by atoms with E-state index in [1.165, 1.54) is 17.8 Å². The number of nitrogens with one attached hydrogen (secondary N) is 2. The van der Waals surface area contributed by atoms with Crippen molar-refractivity contribution in [2.24, 2.45) is 5.41 Å². The molecule has 46 heavy (non-hydrogen) atoms. The maximum atomic E-state index is 16.2. The van der Waals surface area contributed by atoms with E-state index in [1.807, 2.05) is 39.0 Å². The van der Waals surface area contributed by atoms with Crippen molar-refractivity contribution in [3.63, 3.8) is 0 Å². The van der Waals surface area contributed by atoms with E-state index < -0.39 is 50.5 Å². The second-order valence-corrected chi connectivity index (χ2v) is 14.2. The van der Waals surface area contributed by atoms with Crippen molar-refractivity contribution in [1.29, 1.82) is 0 Å². The highest BCUT2D eigenvalue weighted by Gasteiger charge is 2.56. The highest BCUT2D eigenvalue weighted by molar-refractivity contribution is 7.52. The molecule has 0 bridgehead atoms. The summed E-state index contributed by atoms with van der Waals surface area (Å²) < 4.78 is 54.9. The van der Waals surface area contributed by atoms with Gasteiger partial charge in [0.1, 0.15) is 24.0 Å². The van der Waals surface area contributed by atoms with Crippen molar-refractivity contribution in [3.05, 3.63) is 48.8 Å². The molecule has 0 unspecified atom stereocenters. The minimum absolute atomic E-state index is 0.0784. The van der Waals surface area contributed by atoms with Crippen LogP contribution in [0.15, 0.2) is 48.8 Å². The molecule has 4 aromatic rings. The Labute approximate surface area is 265 Å². The second-order valence-electron chi connectivity index (χ2n) is 12.5. The number of hydrogen-bond donors (Lipinski definition) is 4. The van der Waals surface area contributed by atoms with Crippen molar-refractivity contribution in [3.8, 4) is 5.75 Å². The molecule has 1 aliphatic rings. The van der Waals surface area contributed by atoms with Crippen LogP contribution in [0, 0.1) is 5.41 Å². The predicted molar refractivity (Wildman–Crippen MR) is 170 cm³/mol. The van der Waals surface area contributed by atoms with Gasteiger partial charge in [-0.15, -0.1) is 0 Å². The Hall–Kier alpha value is -3.88. The zero-order valence-electron chi connectivity index (χ0n) is 26.4. The molecule has 5 N–H and O–H groups in total. The summed E-state index contributed by atoms with van der Waals surface area (Å²) in [6.07, 6.45) is -3.18. The van der Waals surface area contributed by atoms with E-state index in [1.54, 1.807) is 31.3 Å². The quantitative estimate of drug-likeness (QED) is 0.132. The van der Waals surface area contributed by atoms with Crippen LogP contribution in [0.4, 0.5) is 16.2 Å². The molecule has 0 spiro atoms. The fourth-order valence-electron chi connectivity index (χ4n) is 5.00. The van der Waals surface area contributed by atoms with Gasteiger partial charge in [0, 0.05) is 12.4 Å². The average molecular weight is 660 g/mol. The molecule has 5 rings (SSSR count). The number of halogens is 1. The third kappa shape index (κ3) is 6.93. The molecule has 1 saturated heterocycles. The van der Waals surface area contributed by atoms with Crippen molar-refractivity contribution >= 4 is 47.4 Å². The van der Waals surface area contributed by atoms with Crippen molar-refractivity contribution in [1.82, 2.24) is 24.6 Å². The zero-order chi connectivity index (χ0) is 33.4. The number of nitrogens with zero attached hydrogens (tertiary/aromatic N) is 4. The van der Waals surface area contributed by atoms with Crippen molar-refractivity contribution in [2.75, 3.05) is 31.3 Å². The van der Waals surface area contributed by atoms with Crippen LogP contribution in [0.25, 0.3) is 21.9 Å². The Balaban J connectivity index is 1.40. The normalized spacial score (nSPS) is 23.7. The number of carbonyl (C=O) groups excluding carboxylic acids is 1. The number of alkyl halides is 1. The van der Waals surface area contributed by atoms with Gasteiger partial charge in [0.2, 0.25) is 5.95 Å². The summed E-state index contributed by atoms with van der Waals surface area (Å²) in [6, 6.07) is 11.3. The van der Waals surface area contributed by atoms with E-state index in [9.17, 15) is 14.5 Å². The molecular formula is C30H39FN7O7P. The molecule has 0 radical (unpaired) electrons. The number of hydrogen-bond acceptors (Lipinski definition) is 12. The summed E-state index contributed by atoms with van der Waals surface area (Å²) in [5.41, 5.74) is 3.67. The Morgan fingerprint density at radius 3 is 2.67 bits per heavy atom. The molecule has 0 saturated carbocycles. The number of benzene rings is 2. The Bertz CT molecular complexity index is 1770. The van der Waals surface area contributed by atoms with Crippen LogP contribution in [0.1, 0.15) is 40.8 Å². The number of nitrogen functional groups attached to an aromatic ring is 1. The molecule has 1 aliphatic heterocycles. The smallest absolute Gasteiger partial charge is 0.459 e. The third-order valence-corrected chi connectivity index (χ3v) is 9.00. The Morgan fingerprint density at radius 1 is 1.24 bits per heavy atom. The van der Waals surface area contributed by atoms with Gasteiger partial charge in [0.05, 0.1) is 19.5 Å². The van der Waals surface area contributed by atoms with Crippen LogP contribution in [-0.4, -0.2) is 74.8 Å². The number of fused-ring (bicyclic) bond motifs is 2. The first kappa shape index (κ1) is 33.5. The summed E-state index contributed by atoms with van der Waals surface area (Å²) in [5, 5.41) is 18.0. The maximum Gasteiger partial charge on any atom is 0.459 e. The molecule has 2 aromatic carbocycles. The number of esters is 1. The van der Waals surface area contributed by atoms with E-state index in [2.05, 4.69) is 25.4 Å². The van der Waals surface area contributed by atoms with E-state index in [4.69, 9.17) is 24.3 Å². The fraction of sp³-hybridized carbons (Fsp3) is 0.467. The van der Waals surface area contributed by atoms with Crippen molar-refractivity contribution in [2.45, 2.75) is 64.8 Å². The van der Waals surface area contributed by atoms with E-state index in [0.717, 1.165) is 12.3 Å². The molecule has 0 amide bonds. The SMILES string of the molecule is CNc1nc(N)nc2c1ncn2[C@@H]1O[C@H](CO[P@@](=O)(N[C@H](C)C(=O)OCC(C)(C)C)Oc2cccc3ccccc23)[C@@H](O)[C@@]1(C)F. The van der Waals surface area contributed by atoms with E-state index in [0.29, 0.717) is 16.7 Å². The van der Waals surface area contributed by atoms with E-state index in [-0.39, 0.29) is 29.4 Å². The summed E-state index contributed by atoms with van der Waals surface area (Å²) in [4.78, 5) is 25.4. The van der Waals surface area contributed by atoms with Gasteiger partial charge >= 0.3 is 13.7 Å². The molecule has 0 aliphatic carbocycles. The van der Waals surface area contributed by atoms with Gasteiger partial charge in [-0.05, 0) is 30.7 Å². The zero-order valence-corrected chi connectivity index (χ0v) is 27.3. The number of aliphatic hydroxyl groups is 1. The molecule has 2 aromatic heterocycles. The molecular weight excluding hydrogens is 620 g/mol. The first-order valence-corrected chi connectivity index (χ1v) is 16.2. The number of rotatable bonds is 11. The van der Waals surface area contributed by atoms with Crippen molar-refractivity contribution < 1.29 is 37.4 Å². The monoisotopic (exact) mass is 659 g/mol. The number of anilines is 2. The minimum Gasteiger partial charge on any atom is -0.464 e. The number of carbonyl (C=O) groups is 1. The van der Waals surface area contributed by atoms with Gasteiger partial charge in [-0.2, -0.15) is 15.1 Å². The van der Waals surface area contributed by atoms with Gasteiger partial charge in [-0.1, -0.05) is 57.2 Å². The molecule has 248 valence electrons. The first-order chi connectivity index (χ1) is 21.6. The largest absolute Gasteiger partial charge is 0.464 e. The fourth-order valence-corrected chi connectivity index (χ4v) is 6.52. The number of nitrogens with two attached hydrogens (primary N) is 1. The van der Waals surface area contributed by atoms with Crippen LogP contribution in [0.5, 0.6) is 5.75 Å². The number of aliphatic hydroxyl groups excluding tert-OH is 1. The third-order valence-electron chi connectivity index (χ3n) is 7.37. The maximum absolute atomic E-state index is 16.2. The van der Waals surface area contributed by atoms with Gasteiger partial charge in [-0.25, -0.2) is 13.9 Å². The lowest BCUT2D eigenvalue weighted by Crippen LogP contribution is -2.41. The summed E-state index contributed by atoms with van der Waals surface area (Å²) in [6.45, 7) is 7.88. The average Bonchev–Trinajstić information content (AvgIpc) is 3.51. The highest BCUT2D eigenvalue weighted by atomic mass is 31.2. The van der Waals surface area contributed by atoms with E-state index >= 15 is 4.39 Å². The molecule has 14 nitrogen and oxygen atoms in total. The molecule has 3 heterocycles. The topological polar surface area (TPSA) is 185 Å². The van der Waals surface area contributed by atoms with Gasteiger partial charge in [0.25, 0.3) is 0 Å².